The van der Waals surface area contributed by atoms with Gasteiger partial charge in [0, 0.05) is 34.0 Å². The number of carbonyl (C=O) groups is 2. The third-order valence-corrected chi connectivity index (χ3v) is 8.17. The third kappa shape index (κ3) is 3.42. The van der Waals surface area contributed by atoms with E-state index in [2.05, 4.69) is 0 Å². The maximum absolute atomic E-state index is 13.0. The highest BCUT2D eigenvalue weighted by atomic mass is 35.5. The van der Waals surface area contributed by atoms with Gasteiger partial charge in [-0.2, -0.15) is 0 Å². The number of carbonyl (C=O) groups excluding carboxylic acids is 2. The first-order valence-corrected chi connectivity index (χ1v) is 11.9. The summed E-state index contributed by atoms with van der Waals surface area (Å²) in [6.07, 6.45) is 1.01. The first-order valence-electron chi connectivity index (χ1n) is 11.2. The molecule has 2 aromatic rings. The maximum Gasteiger partial charge on any atom is 0.411 e. The van der Waals surface area contributed by atoms with Gasteiger partial charge in [-0.25, -0.2) is 4.79 Å². The molecule has 5 aliphatic rings. The number of nitrogens with zero attached hydrogens (tertiary/aromatic N) is 1. The Morgan fingerprint density at radius 2 is 1.76 bits per heavy atom. The van der Waals surface area contributed by atoms with E-state index in [-0.39, 0.29) is 35.4 Å². The second kappa shape index (κ2) is 7.36. The summed E-state index contributed by atoms with van der Waals surface area (Å²) < 4.78 is 11.5. The molecule has 1 amide bonds. The topological polar surface area (TPSA) is 76.1 Å². The van der Waals surface area contributed by atoms with Crippen molar-refractivity contribution in [3.05, 3.63) is 63.6 Å². The molecule has 0 aromatic heterocycles. The van der Waals surface area contributed by atoms with E-state index in [0.717, 1.165) is 24.8 Å². The number of ether oxygens (including phenoxy) is 2. The van der Waals surface area contributed by atoms with Crippen molar-refractivity contribution in [1.82, 2.24) is 4.90 Å². The first-order chi connectivity index (χ1) is 15.8. The largest absolute Gasteiger partial charge is 0.482 e. The van der Waals surface area contributed by atoms with Crippen LogP contribution in [-0.4, -0.2) is 40.1 Å². The van der Waals surface area contributed by atoms with Crippen LogP contribution in [-0.2, 0) is 9.53 Å². The number of benzene rings is 2. The van der Waals surface area contributed by atoms with Gasteiger partial charge in [-0.1, -0.05) is 35.3 Å². The fourth-order valence-electron chi connectivity index (χ4n) is 6.21. The summed E-state index contributed by atoms with van der Waals surface area (Å²) >= 11 is 12.0. The lowest BCUT2D eigenvalue weighted by Crippen LogP contribution is -2.75. The van der Waals surface area contributed by atoms with Crippen LogP contribution in [0.25, 0.3) is 0 Å². The van der Waals surface area contributed by atoms with E-state index in [9.17, 15) is 14.7 Å². The molecule has 2 heterocycles. The second-order valence-electron chi connectivity index (χ2n) is 9.97. The van der Waals surface area contributed by atoms with E-state index in [0.29, 0.717) is 34.3 Å². The summed E-state index contributed by atoms with van der Waals surface area (Å²) in [5, 5.41) is 11.6. The number of aliphatic hydroxyl groups excluding tert-OH is 1. The SMILES string of the molecule is O=C(CC12CC(N3CC(c4ccc(Cl)cc4)OC3=O)(C1)C2)[C@H]1C[C@@H](O)c2cc(Cl)ccc2O1. The van der Waals surface area contributed by atoms with Gasteiger partial charge in [0.15, 0.2) is 11.9 Å². The molecule has 2 bridgehead atoms. The number of fused-ring (bicyclic) bond motifs is 1. The minimum absolute atomic E-state index is 0.00555. The van der Waals surface area contributed by atoms with Crippen LogP contribution in [0.5, 0.6) is 5.75 Å². The molecule has 172 valence electrons. The second-order valence-corrected chi connectivity index (χ2v) is 10.8. The normalized spacial score (nSPS) is 34.0. The molecule has 33 heavy (non-hydrogen) atoms. The molecule has 8 heteroatoms. The summed E-state index contributed by atoms with van der Waals surface area (Å²) in [6.45, 7) is 0.516. The van der Waals surface area contributed by atoms with Gasteiger partial charge in [-0.3, -0.25) is 9.69 Å². The van der Waals surface area contributed by atoms with Crippen molar-refractivity contribution in [2.75, 3.05) is 6.54 Å². The molecule has 0 spiro atoms. The molecule has 6 nitrogen and oxygen atoms in total. The van der Waals surface area contributed by atoms with Crippen molar-refractivity contribution in [3.8, 4) is 5.75 Å². The van der Waals surface area contributed by atoms with Crippen LogP contribution in [0.2, 0.25) is 10.0 Å². The van der Waals surface area contributed by atoms with Crippen LogP contribution in [0.15, 0.2) is 42.5 Å². The van der Waals surface area contributed by atoms with E-state index >= 15 is 0 Å². The molecule has 1 unspecified atom stereocenters. The first kappa shape index (κ1) is 21.3. The van der Waals surface area contributed by atoms with E-state index < -0.39 is 12.2 Å². The van der Waals surface area contributed by atoms with Gasteiger partial charge in [0.1, 0.15) is 11.9 Å². The van der Waals surface area contributed by atoms with E-state index in [1.165, 1.54) is 0 Å². The Bertz CT molecular complexity index is 1130. The van der Waals surface area contributed by atoms with Crippen molar-refractivity contribution >= 4 is 35.1 Å². The molecule has 1 saturated heterocycles. The average Bonchev–Trinajstić information content (AvgIpc) is 3.11. The van der Waals surface area contributed by atoms with Crippen LogP contribution in [0.4, 0.5) is 4.79 Å². The molecule has 7 rings (SSSR count). The summed E-state index contributed by atoms with van der Waals surface area (Å²) in [6, 6.07) is 12.4. The Hall–Kier alpha value is -2.28. The predicted molar refractivity (Wildman–Crippen MR) is 121 cm³/mol. The lowest BCUT2D eigenvalue weighted by Gasteiger charge is -2.73. The fourth-order valence-corrected chi connectivity index (χ4v) is 6.52. The number of cyclic esters (lactones) is 1. The zero-order valence-electron chi connectivity index (χ0n) is 17.8. The summed E-state index contributed by atoms with van der Waals surface area (Å²) in [5.74, 6) is 0.518. The maximum atomic E-state index is 13.0. The quantitative estimate of drug-likeness (QED) is 0.622. The number of hydrogen-bond donors (Lipinski definition) is 1. The minimum Gasteiger partial charge on any atom is -0.482 e. The third-order valence-electron chi connectivity index (χ3n) is 7.68. The summed E-state index contributed by atoms with van der Waals surface area (Å²) in [5.41, 5.74) is 1.28. The molecule has 2 aliphatic heterocycles. The number of hydrogen-bond acceptors (Lipinski definition) is 5. The molecule has 3 aliphatic carbocycles. The number of amides is 1. The van der Waals surface area contributed by atoms with Crippen LogP contribution in [0.3, 0.4) is 0 Å². The van der Waals surface area contributed by atoms with Gasteiger partial charge in [0.25, 0.3) is 0 Å². The fraction of sp³-hybridized carbons (Fsp3) is 0.440. The number of halogens is 2. The van der Waals surface area contributed by atoms with Gasteiger partial charge in [0.05, 0.1) is 12.6 Å². The predicted octanol–water partition coefficient (Wildman–Crippen LogP) is 5.25. The zero-order valence-corrected chi connectivity index (χ0v) is 19.3. The molecular weight excluding hydrogens is 465 g/mol. The summed E-state index contributed by atoms with van der Waals surface area (Å²) in [4.78, 5) is 27.5. The molecule has 4 fully saturated rings. The van der Waals surface area contributed by atoms with Crippen LogP contribution in [0, 0.1) is 5.41 Å². The van der Waals surface area contributed by atoms with E-state index in [1.807, 2.05) is 17.0 Å². The molecule has 2 aromatic carbocycles. The Morgan fingerprint density at radius 3 is 2.48 bits per heavy atom. The van der Waals surface area contributed by atoms with Crippen molar-refractivity contribution < 1.29 is 24.2 Å². The van der Waals surface area contributed by atoms with Gasteiger partial charge >= 0.3 is 6.09 Å². The van der Waals surface area contributed by atoms with Crippen LogP contribution < -0.4 is 4.74 Å². The Kier molecular flexibility index (Phi) is 4.74. The highest BCUT2D eigenvalue weighted by Gasteiger charge is 2.72. The van der Waals surface area contributed by atoms with Crippen LogP contribution >= 0.6 is 23.2 Å². The van der Waals surface area contributed by atoms with Crippen molar-refractivity contribution in [2.24, 2.45) is 5.41 Å². The molecule has 3 saturated carbocycles. The van der Waals surface area contributed by atoms with Crippen molar-refractivity contribution in [2.45, 2.75) is 56.0 Å². The standard InChI is InChI=1S/C25H23Cl2NO5/c26-15-3-1-14(2-4-15)22-10-28(23(31)33-22)25-11-24(12-25,13-25)9-19(30)21-8-18(29)17-7-16(27)5-6-20(17)32-21/h1-7,18,21-22,29H,8-13H2/t18-,21-,22?,24?,25?/m1/s1. The summed E-state index contributed by atoms with van der Waals surface area (Å²) in [7, 11) is 0. The number of ketones is 1. The molecular formula is C25H23Cl2NO5. The molecule has 1 N–H and O–H groups in total. The lowest BCUT2D eigenvalue weighted by molar-refractivity contribution is -0.205. The van der Waals surface area contributed by atoms with E-state index in [4.69, 9.17) is 32.7 Å². The van der Waals surface area contributed by atoms with Crippen LogP contribution in [0.1, 0.15) is 55.4 Å². The number of rotatable bonds is 5. The van der Waals surface area contributed by atoms with Gasteiger partial charge in [0.2, 0.25) is 0 Å². The number of Topliss-reactive ketones (excluding diaryl/α,β-unsaturated/α-hetero) is 1. The smallest absolute Gasteiger partial charge is 0.411 e. The Balaban J connectivity index is 1.08. The molecule has 3 atom stereocenters. The van der Waals surface area contributed by atoms with Gasteiger partial charge < -0.3 is 14.6 Å². The zero-order chi connectivity index (χ0) is 23.0. The van der Waals surface area contributed by atoms with Crippen molar-refractivity contribution in [1.29, 1.82) is 0 Å². The van der Waals surface area contributed by atoms with Gasteiger partial charge in [-0.05, 0) is 60.6 Å². The van der Waals surface area contributed by atoms with E-state index in [1.54, 1.807) is 30.3 Å². The highest BCUT2D eigenvalue weighted by molar-refractivity contribution is 6.30. The minimum atomic E-state index is -0.773. The van der Waals surface area contributed by atoms with Gasteiger partial charge in [-0.15, -0.1) is 0 Å². The average molecular weight is 488 g/mol. The highest BCUT2D eigenvalue weighted by Crippen LogP contribution is 2.72. The Labute approximate surface area is 201 Å². The molecule has 0 radical (unpaired) electrons. The monoisotopic (exact) mass is 487 g/mol. The van der Waals surface area contributed by atoms with Crippen molar-refractivity contribution in [3.63, 3.8) is 0 Å². The lowest BCUT2D eigenvalue weighted by atomic mass is 9.37. The number of aliphatic hydroxyl groups is 1. The Morgan fingerprint density at radius 1 is 1.06 bits per heavy atom.